The van der Waals surface area contributed by atoms with E-state index in [4.69, 9.17) is 11.6 Å². The lowest BCUT2D eigenvalue weighted by atomic mass is 10.3. The molecule has 0 aromatic carbocycles. The van der Waals surface area contributed by atoms with Gasteiger partial charge in [-0.15, -0.1) is 16.7 Å². The van der Waals surface area contributed by atoms with Crippen molar-refractivity contribution in [2.75, 3.05) is 38.6 Å². The zero-order valence-electron chi connectivity index (χ0n) is 9.64. The van der Waals surface area contributed by atoms with Crippen LogP contribution in [0.15, 0.2) is 6.20 Å². The number of piperazine rings is 1. The van der Waals surface area contributed by atoms with Crippen LogP contribution in [-0.2, 0) is 13.6 Å². The standard InChI is InChI=1S/C10H18ClN5/c1-14-8-10(12-13-14)9-16-6-4-15(3-2-11)5-7-16/h8H,2-7,9H2,1H3. The number of aryl methyl sites for hydroxylation is 1. The number of nitrogens with zero attached hydrogens (tertiary/aromatic N) is 5. The van der Waals surface area contributed by atoms with E-state index in [0.717, 1.165) is 50.8 Å². The van der Waals surface area contributed by atoms with Crippen LogP contribution in [0.25, 0.3) is 0 Å². The summed E-state index contributed by atoms with van der Waals surface area (Å²) in [5.74, 6) is 0.726. The lowest BCUT2D eigenvalue weighted by Crippen LogP contribution is -2.46. The van der Waals surface area contributed by atoms with Gasteiger partial charge in [0, 0.05) is 58.4 Å². The molecular formula is C10H18ClN5. The largest absolute Gasteiger partial charge is 0.300 e. The van der Waals surface area contributed by atoms with Crippen molar-refractivity contribution in [3.63, 3.8) is 0 Å². The summed E-state index contributed by atoms with van der Waals surface area (Å²) in [6.07, 6.45) is 1.98. The summed E-state index contributed by atoms with van der Waals surface area (Å²) in [4.78, 5) is 4.81. The highest BCUT2D eigenvalue weighted by atomic mass is 35.5. The fraction of sp³-hybridized carbons (Fsp3) is 0.800. The van der Waals surface area contributed by atoms with Gasteiger partial charge in [0.25, 0.3) is 0 Å². The molecule has 0 amide bonds. The summed E-state index contributed by atoms with van der Waals surface area (Å²) >= 11 is 5.73. The second-order valence-electron chi connectivity index (χ2n) is 4.19. The molecule has 1 fully saturated rings. The van der Waals surface area contributed by atoms with Gasteiger partial charge in [0.15, 0.2) is 0 Å². The molecule has 0 N–H and O–H groups in total. The number of halogens is 1. The molecule has 0 radical (unpaired) electrons. The number of alkyl halides is 1. The quantitative estimate of drug-likeness (QED) is 0.707. The minimum atomic E-state index is 0.726. The molecule has 0 spiro atoms. The molecule has 1 aromatic rings. The van der Waals surface area contributed by atoms with Gasteiger partial charge in [0.1, 0.15) is 0 Å². The van der Waals surface area contributed by atoms with Gasteiger partial charge in [0.05, 0.1) is 5.69 Å². The SMILES string of the molecule is Cn1cc(CN2CCN(CCCl)CC2)nn1. The number of aromatic nitrogens is 3. The Kier molecular flexibility index (Phi) is 4.15. The molecule has 1 aromatic heterocycles. The number of hydrogen-bond acceptors (Lipinski definition) is 4. The molecule has 6 heteroatoms. The topological polar surface area (TPSA) is 37.2 Å². The zero-order valence-corrected chi connectivity index (χ0v) is 10.4. The second-order valence-corrected chi connectivity index (χ2v) is 4.57. The van der Waals surface area contributed by atoms with Crippen molar-refractivity contribution in [2.24, 2.45) is 7.05 Å². The predicted molar refractivity (Wildman–Crippen MR) is 63.4 cm³/mol. The summed E-state index contributed by atoms with van der Waals surface area (Å²) in [6.45, 7) is 6.30. The lowest BCUT2D eigenvalue weighted by Gasteiger charge is -2.33. The van der Waals surface area contributed by atoms with Crippen LogP contribution in [0.1, 0.15) is 5.69 Å². The van der Waals surface area contributed by atoms with Gasteiger partial charge >= 0.3 is 0 Å². The Morgan fingerprint density at radius 2 is 1.94 bits per heavy atom. The van der Waals surface area contributed by atoms with Gasteiger partial charge in [-0.25, -0.2) is 0 Å². The molecule has 5 nitrogen and oxygen atoms in total. The van der Waals surface area contributed by atoms with E-state index in [9.17, 15) is 0 Å². The highest BCUT2D eigenvalue weighted by Crippen LogP contribution is 2.05. The third-order valence-electron chi connectivity index (χ3n) is 2.90. The average molecular weight is 244 g/mol. The van der Waals surface area contributed by atoms with Gasteiger partial charge in [-0.3, -0.25) is 14.5 Å². The Bertz CT molecular complexity index is 319. The van der Waals surface area contributed by atoms with E-state index in [1.165, 1.54) is 0 Å². The maximum atomic E-state index is 5.73. The van der Waals surface area contributed by atoms with E-state index in [-0.39, 0.29) is 0 Å². The van der Waals surface area contributed by atoms with Crippen molar-refractivity contribution in [2.45, 2.75) is 6.54 Å². The lowest BCUT2D eigenvalue weighted by molar-refractivity contribution is 0.131. The van der Waals surface area contributed by atoms with Gasteiger partial charge < -0.3 is 0 Å². The molecule has 1 saturated heterocycles. The van der Waals surface area contributed by atoms with Crippen LogP contribution in [0.2, 0.25) is 0 Å². The van der Waals surface area contributed by atoms with Crippen molar-refractivity contribution in [3.8, 4) is 0 Å². The van der Waals surface area contributed by atoms with Gasteiger partial charge in [-0.2, -0.15) is 0 Å². The minimum absolute atomic E-state index is 0.726. The molecule has 1 aliphatic heterocycles. The van der Waals surface area contributed by atoms with E-state index >= 15 is 0 Å². The zero-order chi connectivity index (χ0) is 11.4. The van der Waals surface area contributed by atoms with Gasteiger partial charge in [0.2, 0.25) is 0 Å². The van der Waals surface area contributed by atoms with E-state index in [2.05, 4.69) is 20.1 Å². The molecule has 90 valence electrons. The summed E-state index contributed by atoms with van der Waals surface area (Å²) in [5, 5.41) is 8.04. The van der Waals surface area contributed by atoms with E-state index in [1.807, 2.05) is 13.2 Å². The maximum absolute atomic E-state index is 5.73. The van der Waals surface area contributed by atoms with Crippen LogP contribution in [0.5, 0.6) is 0 Å². The molecule has 0 bridgehead atoms. The highest BCUT2D eigenvalue weighted by Gasteiger charge is 2.16. The first kappa shape index (κ1) is 11.8. The highest BCUT2D eigenvalue weighted by molar-refractivity contribution is 6.18. The molecule has 2 rings (SSSR count). The molecule has 2 heterocycles. The Balaban J connectivity index is 1.77. The van der Waals surface area contributed by atoms with Crippen LogP contribution in [0, 0.1) is 0 Å². The Morgan fingerprint density at radius 1 is 1.25 bits per heavy atom. The first-order valence-electron chi connectivity index (χ1n) is 5.64. The Labute approximate surface area is 101 Å². The monoisotopic (exact) mass is 243 g/mol. The van der Waals surface area contributed by atoms with Crippen LogP contribution in [0.3, 0.4) is 0 Å². The summed E-state index contributed by atoms with van der Waals surface area (Å²) in [5.41, 5.74) is 1.05. The van der Waals surface area contributed by atoms with Crippen LogP contribution >= 0.6 is 11.6 Å². The Hall–Kier alpha value is -0.650. The first-order chi connectivity index (χ1) is 7.78. The molecule has 16 heavy (non-hydrogen) atoms. The van der Waals surface area contributed by atoms with Crippen LogP contribution in [-0.4, -0.2) is 63.4 Å². The molecule has 1 aliphatic rings. The third kappa shape index (κ3) is 3.17. The average Bonchev–Trinajstić information content (AvgIpc) is 2.67. The molecule has 0 aliphatic carbocycles. The number of hydrogen-bond donors (Lipinski definition) is 0. The maximum Gasteiger partial charge on any atom is 0.0967 e. The second kappa shape index (κ2) is 5.61. The van der Waals surface area contributed by atoms with Gasteiger partial charge in [-0.05, 0) is 0 Å². The van der Waals surface area contributed by atoms with E-state index < -0.39 is 0 Å². The minimum Gasteiger partial charge on any atom is -0.300 e. The normalized spacial score (nSPS) is 19.1. The van der Waals surface area contributed by atoms with Crippen molar-refractivity contribution in [1.82, 2.24) is 24.8 Å². The predicted octanol–water partition coefficient (Wildman–Crippen LogP) is 0.171. The summed E-state index contributed by atoms with van der Waals surface area (Å²) in [7, 11) is 1.90. The van der Waals surface area contributed by atoms with Crippen molar-refractivity contribution < 1.29 is 0 Å². The fourth-order valence-electron chi connectivity index (χ4n) is 1.99. The van der Waals surface area contributed by atoms with Crippen LogP contribution < -0.4 is 0 Å². The van der Waals surface area contributed by atoms with E-state index in [1.54, 1.807) is 4.68 Å². The summed E-state index contributed by atoms with van der Waals surface area (Å²) < 4.78 is 1.75. The molecule has 0 saturated carbocycles. The van der Waals surface area contributed by atoms with E-state index in [0.29, 0.717) is 0 Å². The molecular weight excluding hydrogens is 226 g/mol. The number of rotatable bonds is 4. The van der Waals surface area contributed by atoms with Crippen molar-refractivity contribution in [1.29, 1.82) is 0 Å². The van der Waals surface area contributed by atoms with Crippen LogP contribution in [0.4, 0.5) is 0 Å². The van der Waals surface area contributed by atoms with Gasteiger partial charge in [-0.1, -0.05) is 5.21 Å². The smallest absolute Gasteiger partial charge is 0.0967 e. The molecule has 0 unspecified atom stereocenters. The Morgan fingerprint density at radius 3 is 2.50 bits per heavy atom. The summed E-state index contributed by atoms with van der Waals surface area (Å²) in [6, 6.07) is 0. The first-order valence-corrected chi connectivity index (χ1v) is 6.17. The fourth-order valence-corrected chi connectivity index (χ4v) is 2.23. The van der Waals surface area contributed by atoms with Crippen molar-refractivity contribution >= 4 is 11.6 Å². The van der Waals surface area contributed by atoms with Crippen molar-refractivity contribution in [3.05, 3.63) is 11.9 Å². The third-order valence-corrected chi connectivity index (χ3v) is 3.07. The molecule has 0 atom stereocenters.